The highest BCUT2D eigenvalue weighted by molar-refractivity contribution is 7.12. The second-order valence-corrected chi connectivity index (χ2v) is 7.93. The van der Waals surface area contributed by atoms with E-state index in [2.05, 4.69) is 10.9 Å². The summed E-state index contributed by atoms with van der Waals surface area (Å²) in [5, 5.41) is 11.4. The van der Waals surface area contributed by atoms with Crippen molar-refractivity contribution >= 4 is 29.1 Å². The minimum Gasteiger partial charge on any atom is -0.481 e. The van der Waals surface area contributed by atoms with Crippen molar-refractivity contribution in [3.63, 3.8) is 0 Å². The summed E-state index contributed by atoms with van der Waals surface area (Å²) in [5.74, 6) is -3.20. The number of carbonyl (C=O) groups excluding carboxylic acids is 2. The van der Waals surface area contributed by atoms with E-state index in [1.165, 1.54) is 11.3 Å². The number of aliphatic carboxylic acids is 1. The van der Waals surface area contributed by atoms with Crippen molar-refractivity contribution < 1.29 is 19.5 Å². The van der Waals surface area contributed by atoms with Gasteiger partial charge in [-0.15, -0.1) is 11.3 Å². The molecule has 6 nitrogen and oxygen atoms in total. The molecule has 2 aliphatic rings. The van der Waals surface area contributed by atoms with Gasteiger partial charge in [-0.3, -0.25) is 25.2 Å². The fourth-order valence-electron chi connectivity index (χ4n) is 4.47. The van der Waals surface area contributed by atoms with Gasteiger partial charge in [0.15, 0.2) is 0 Å². The van der Waals surface area contributed by atoms with Crippen LogP contribution in [0.2, 0.25) is 0 Å². The summed E-state index contributed by atoms with van der Waals surface area (Å²) in [7, 11) is 0. The van der Waals surface area contributed by atoms with Gasteiger partial charge in [0.25, 0.3) is 5.91 Å². The molecule has 0 aromatic carbocycles. The highest BCUT2D eigenvalue weighted by Gasteiger charge is 2.57. The smallest absolute Gasteiger partial charge is 0.307 e. The molecule has 25 heavy (non-hydrogen) atoms. The second kappa shape index (κ2) is 6.63. The number of carboxylic acid groups (broad SMARTS) is 1. The first-order valence-electron chi connectivity index (χ1n) is 8.37. The molecule has 4 atom stereocenters. The molecule has 0 aliphatic heterocycles. The average molecular weight is 362 g/mol. The van der Waals surface area contributed by atoms with Crippen LogP contribution in [0.1, 0.15) is 41.9 Å². The fourth-order valence-corrected chi connectivity index (χ4v) is 5.29. The van der Waals surface area contributed by atoms with Crippen molar-refractivity contribution in [2.45, 2.75) is 33.6 Å². The number of amides is 2. The molecule has 2 saturated carbocycles. The lowest BCUT2D eigenvalue weighted by Crippen LogP contribution is -2.48. The first kappa shape index (κ1) is 17.7. The van der Waals surface area contributed by atoms with Gasteiger partial charge in [-0.05, 0) is 62.5 Å². The molecule has 1 heterocycles. The molecule has 7 heteroatoms. The summed E-state index contributed by atoms with van der Waals surface area (Å²) in [5.41, 5.74) is 7.94. The van der Waals surface area contributed by atoms with Gasteiger partial charge in [0.2, 0.25) is 5.91 Å². The standard InChI is InChI=1S/C18H22N2O4S/c1-8(2)12-10-4-5-11(12)14(18(23)24)13(10)16(21)19-20-17(22)15-9(3)6-7-25-15/h6-7,10-11,13-14H,4-5H2,1-3H3,(H,19,21)(H,20,22)(H,23,24). The lowest BCUT2D eigenvalue weighted by molar-refractivity contribution is -0.149. The largest absolute Gasteiger partial charge is 0.481 e. The third kappa shape index (κ3) is 2.97. The number of rotatable bonds is 3. The van der Waals surface area contributed by atoms with Crippen LogP contribution in [0.25, 0.3) is 0 Å². The molecule has 0 spiro atoms. The molecule has 3 rings (SSSR count). The summed E-state index contributed by atoms with van der Waals surface area (Å²) >= 11 is 1.30. The number of nitrogens with one attached hydrogen (secondary N) is 2. The van der Waals surface area contributed by atoms with E-state index < -0.39 is 23.7 Å². The van der Waals surface area contributed by atoms with Crippen LogP contribution in [0, 0.1) is 30.6 Å². The van der Waals surface area contributed by atoms with Crippen LogP contribution in [0.3, 0.4) is 0 Å². The Hall–Kier alpha value is -2.15. The van der Waals surface area contributed by atoms with E-state index in [0.29, 0.717) is 4.88 Å². The SMILES string of the molecule is CC(C)=C1C2CCC1C(C(=O)NNC(=O)c1sccc1C)C2C(=O)O. The molecular formula is C18H22N2O4S. The maximum absolute atomic E-state index is 12.7. The maximum Gasteiger partial charge on any atom is 0.307 e. The van der Waals surface area contributed by atoms with Crippen LogP contribution < -0.4 is 10.9 Å². The molecule has 2 amide bonds. The molecule has 2 fully saturated rings. The Morgan fingerprint density at radius 3 is 2.28 bits per heavy atom. The Labute approximate surface area is 150 Å². The summed E-state index contributed by atoms with van der Waals surface area (Å²) in [4.78, 5) is 37.1. The van der Waals surface area contributed by atoms with E-state index in [1.807, 2.05) is 32.2 Å². The zero-order chi connectivity index (χ0) is 18.3. The first-order chi connectivity index (χ1) is 11.8. The van der Waals surface area contributed by atoms with Crippen LogP contribution in [-0.4, -0.2) is 22.9 Å². The average Bonchev–Trinajstić information content (AvgIpc) is 3.24. The number of carbonyl (C=O) groups is 3. The molecule has 1 aromatic rings. The van der Waals surface area contributed by atoms with Gasteiger partial charge >= 0.3 is 5.97 Å². The minimum atomic E-state index is -0.938. The van der Waals surface area contributed by atoms with Crippen LogP contribution in [0.4, 0.5) is 0 Å². The lowest BCUT2D eigenvalue weighted by atomic mass is 9.79. The Bertz CT molecular complexity index is 763. The fraction of sp³-hybridized carbons (Fsp3) is 0.500. The Kier molecular flexibility index (Phi) is 4.69. The predicted octanol–water partition coefficient (Wildman–Crippen LogP) is 2.51. The van der Waals surface area contributed by atoms with Crippen molar-refractivity contribution in [2.75, 3.05) is 0 Å². The zero-order valence-corrected chi connectivity index (χ0v) is 15.3. The van der Waals surface area contributed by atoms with E-state index in [1.54, 1.807) is 0 Å². The number of allylic oxidation sites excluding steroid dienone is 2. The Morgan fingerprint density at radius 1 is 1.12 bits per heavy atom. The van der Waals surface area contributed by atoms with E-state index in [9.17, 15) is 19.5 Å². The molecule has 4 unspecified atom stereocenters. The quantitative estimate of drug-likeness (QED) is 0.569. The van der Waals surface area contributed by atoms with Crippen LogP contribution in [0.5, 0.6) is 0 Å². The highest BCUT2D eigenvalue weighted by atomic mass is 32.1. The topological polar surface area (TPSA) is 95.5 Å². The third-order valence-corrected chi connectivity index (χ3v) is 6.39. The third-order valence-electron chi connectivity index (χ3n) is 5.37. The number of aryl methyl sites for hydroxylation is 1. The van der Waals surface area contributed by atoms with Crippen LogP contribution >= 0.6 is 11.3 Å². The monoisotopic (exact) mass is 362 g/mol. The molecular weight excluding hydrogens is 340 g/mol. The highest BCUT2D eigenvalue weighted by Crippen LogP contribution is 2.57. The summed E-state index contributed by atoms with van der Waals surface area (Å²) < 4.78 is 0. The number of thiophene rings is 1. The lowest BCUT2D eigenvalue weighted by Gasteiger charge is -2.26. The van der Waals surface area contributed by atoms with Gasteiger partial charge in [-0.2, -0.15) is 0 Å². The van der Waals surface area contributed by atoms with Gasteiger partial charge in [0, 0.05) is 0 Å². The molecule has 0 saturated heterocycles. The van der Waals surface area contributed by atoms with Gasteiger partial charge in [-0.1, -0.05) is 11.1 Å². The van der Waals surface area contributed by atoms with Crippen LogP contribution in [-0.2, 0) is 9.59 Å². The van der Waals surface area contributed by atoms with Crippen molar-refractivity contribution in [2.24, 2.45) is 23.7 Å². The maximum atomic E-state index is 12.7. The first-order valence-corrected chi connectivity index (χ1v) is 9.25. The van der Waals surface area contributed by atoms with Crippen molar-refractivity contribution in [3.8, 4) is 0 Å². The summed E-state index contributed by atoms with van der Waals surface area (Å²) in [6.45, 7) is 5.77. The molecule has 2 aliphatic carbocycles. The van der Waals surface area contributed by atoms with E-state index >= 15 is 0 Å². The minimum absolute atomic E-state index is 0.0449. The Balaban J connectivity index is 1.75. The number of fused-ring (bicyclic) bond motifs is 2. The summed E-state index contributed by atoms with van der Waals surface area (Å²) in [6.07, 6.45) is 1.64. The normalized spacial score (nSPS) is 27.2. The van der Waals surface area contributed by atoms with E-state index in [-0.39, 0.29) is 17.7 Å². The van der Waals surface area contributed by atoms with E-state index in [0.717, 1.165) is 29.6 Å². The zero-order valence-electron chi connectivity index (χ0n) is 14.5. The summed E-state index contributed by atoms with van der Waals surface area (Å²) in [6, 6.07) is 1.83. The number of carboxylic acids is 1. The number of hydrogen-bond acceptors (Lipinski definition) is 4. The van der Waals surface area contributed by atoms with Crippen molar-refractivity contribution in [1.29, 1.82) is 0 Å². The van der Waals surface area contributed by atoms with Gasteiger partial charge in [0.1, 0.15) is 0 Å². The molecule has 3 N–H and O–H groups in total. The van der Waals surface area contributed by atoms with Crippen molar-refractivity contribution in [3.05, 3.63) is 33.0 Å². The van der Waals surface area contributed by atoms with Crippen LogP contribution in [0.15, 0.2) is 22.6 Å². The van der Waals surface area contributed by atoms with Crippen molar-refractivity contribution in [1.82, 2.24) is 10.9 Å². The van der Waals surface area contributed by atoms with E-state index in [4.69, 9.17) is 0 Å². The predicted molar refractivity (Wildman–Crippen MR) is 93.9 cm³/mol. The van der Waals surface area contributed by atoms with Gasteiger partial charge in [-0.25, -0.2) is 0 Å². The molecule has 134 valence electrons. The molecule has 2 bridgehead atoms. The molecule has 0 radical (unpaired) electrons. The molecule has 1 aromatic heterocycles. The van der Waals surface area contributed by atoms with Gasteiger partial charge in [0.05, 0.1) is 16.7 Å². The number of hydrogen-bond donors (Lipinski definition) is 3. The Morgan fingerprint density at radius 2 is 1.76 bits per heavy atom. The number of hydrazine groups is 1. The van der Waals surface area contributed by atoms with Gasteiger partial charge < -0.3 is 5.11 Å². The second-order valence-electron chi connectivity index (χ2n) is 7.01.